The predicted molar refractivity (Wildman–Crippen MR) is 103 cm³/mol. The standard InChI is InChI=1S/C20H22N4O4/c1-11(2)16-9-15(18-13(4)24-28-20(18)21-16)19(26)23-22-17(25)10-27-14-7-5-6-12(3)8-14/h5-9,11H,10H2,1-4H3,(H,22,25)(H,23,26). The topological polar surface area (TPSA) is 106 Å². The van der Waals surface area contributed by atoms with Gasteiger partial charge in [0.1, 0.15) is 5.75 Å². The van der Waals surface area contributed by atoms with E-state index >= 15 is 0 Å². The van der Waals surface area contributed by atoms with E-state index in [0.717, 1.165) is 5.56 Å². The zero-order chi connectivity index (χ0) is 20.3. The molecule has 0 fully saturated rings. The Bertz CT molecular complexity index is 1030. The lowest BCUT2D eigenvalue weighted by Crippen LogP contribution is -2.44. The van der Waals surface area contributed by atoms with E-state index in [2.05, 4.69) is 21.0 Å². The molecule has 0 spiro atoms. The van der Waals surface area contributed by atoms with Crippen LogP contribution in [0.4, 0.5) is 0 Å². The van der Waals surface area contributed by atoms with Crippen LogP contribution in [0.15, 0.2) is 34.9 Å². The second kappa shape index (κ2) is 8.08. The smallest absolute Gasteiger partial charge is 0.276 e. The summed E-state index contributed by atoms with van der Waals surface area (Å²) in [6, 6.07) is 9.03. The first-order chi connectivity index (χ1) is 13.3. The van der Waals surface area contributed by atoms with Gasteiger partial charge in [-0.2, -0.15) is 0 Å². The lowest BCUT2D eigenvalue weighted by molar-refractivity contribution is -0.123. The Balaban J connectivity index is 1.67. The molecule has 146 valence electrons. The third-order valence-electron chi connectivity index (χ3n) is 4.15. The summed E-state index contributed by atoms with van der Waals surface area (Å²) in [5.41, 5.74) is 7.67. The number of ether oxygens (including phenoxy) is 1. The highest BCUT2D eigenvalue weighted by molar-refractivity contribution is 6.06. The van der Waals surface area contributed by atoms with Gasteiger partial charge in [0.25, 0.3) is 17.5 Å². The number of benzene rings is 1. The van der Waals surface area contributed by atoms with Crippen molar-refractivity contribution in [2.24, 2.45) is 0 Å². The summed E-state index contributed by atoms with van der Waals surface area (Å²) in [5, 5.41) is 4.40. The van der Waals surface area contributed by atoms with Crippen LogP contribution < -0.4 is 15.6 Å². The maximum Gasteiger partial charge on any atom is 0.276 e. The van der Waals surface area contributed by atoms with Crippen molar-refractivity contribution in [1.82, 2.24) is 21.0 Å². The monoisotopic (exact) mass is 382 g/mol. The number of carbonyl (C=O) groups is 2. The molecule has 0 radical (unpaired) electrons. The van der Waals surface area contributed by atoms with Crippen molar-refractivity contribution in [3.05, 3.63) is 52.8 Å². The maximum atomic E-state index is 12.6. The van der Waals surface area contributed by atoms with Crippen LogP contribution >= 0.6 is 0 Å². The number of rotatable bonds is 5. The minimum atomic E-state index is -0.482. The van der Waals surface area contributed by atoms with Gasteiger partial charge < -0.3 is 9.26 Å². The fraction of sp³-hybridized carbons (Fsp3) is 0.300. The Morgan fingerprint density at radius 3 is 2.68 bits per heavy atom. The molecule has 1 aromatic carbocycles. The largest absolute Gasteiger partial charge is 0.484 e. The molecule has 0 aliphatic rings. The van der Waals surface area contributed by atoms with Gasteiger partial charge in [-0.3, -0.25) is 20.4 Å². The fourth-order valence-corrected chi connectivity index (χ4v) is 2.67. The number of nitrogens with one attached hydrogen (secondary N) is 2. The highest BCUT2D eigenvalue weighted by atomic mass is 16.5. The number of carbonyl (C=O) groups excluding carboxylic acids is 2. The number of hydrazine groups is 1. The number of pyridine rings is 1. The fourth-order valence-electron chi connectivity index (χ4n) is 2.67. The lowest BCUT2D eigenvalue weighted by atomic mass is 10.0. The summed E-state index contributed by atoms with van der Waals surface area (Å²) < 4.78 is 10.6. The Hall–Kier alpha value is -3.42. The summed E-state index contributed by atoms with van der Waals surface area (Å²) in [6.07, 6.45) is 0. The van der Waals surface area contributed by atoms with E-state index in [1.165, 1.54) is 0 Å². The lowest BCUT2D eigenvalue weighted by Gasteiger charge is -2.11. The van der Waals surface area contributed by atoms with Gasteiger partial charge in [-0.1, -0.05) is 31.1 Å². The zero-order valence-electron chi connectivity index (χ0n) is 16.2. The minimum Gasteiger partial charge on any atom is -0.484 e. The molecule has 2 aromatic heterocycles. The highest BCUT2D eigenvalue weighted by Gasteiger charge is 2.20. The molecule has 3 rings (SSSR count). The van der Waals surface area contributed by atoms with Crippen molar-refractivity contribution in [2.75, 3.05) is 6.61 Å². The number of hydrogen-bond donors (Lipinski definition) is 2. The molecular weight excluding hydrogens is 360 g/mol. The van der Waals surface area contributed by atoms with E-state index in [0.29, 0.717) is 33.8 Å². The zero-order valence-corrected chi connectivity index (χ0v) is 16.2. The van der Waals surface area contributed by atoms with Crippen molar-refractivity contribution in [2.45, 2.75) is 33.6 Å². The van der Waals surface area contributed by atoms with Crippen LogP contribution in [0.2, 0.25) is 0 Å². The van der Waals surface area contributed by atoms with Crippen LogP contribution in [-0.2, 0) is 4.79 Å². The molecule has 0 saturated carbocycles. The van der Waals surface area contributed by atoms with Crippen LogP contribution in [0, 0.1) is 13.8 Å². The number of aryl methyl sites for hydroxylation is 2. The average molecular weight is 382 g/mol. The highest BCUT2D eigenvalue weighted by Crippen LogP contribution is 2.24. The van der Waals surface area contributed by atoms with Gasteiger partial charge >= 0.3 is 0 Å². The Morgan fingerprint density at radius 2 is 1.96 bits per heavy atom. The maximum absolute atomic E-state index is 12.6. The Labute approximate surface area is 162 Å². The van der Waals surface area contributed by atoms with Gasteiger partial charge in [0.15, 0.2) is 6.61 Å². The second-order valence-electron chi connectivity index (χ2n) is 6.81. The molecule has 0 bridgehead atoms. The molecule has 0 saturated heterocycles. The third kappa shape index (κ3) is 4.28. The first-order valence-corrected chi connectivity index (χ1v) is 8.90. The molecule has 0 unspecified atom stereocenters. The number of nitrogens with zero attached hydrogens (tertiary/aromatic N) is 2. The molecule has 0 aliphatic heterocycles. The van der Waals surface area contributed by atoms with E-state index in [9.17, 15) is 9.59 Å². The summed E-state index contributed by atoms with van der Waals surface area (Å²) >= 11 is 0. The average Bonchev–Trinajstić information content (AvgIpc) is 3.04. The van der Waals surface area contributed by atoms with Crippen molar-refractivity contribution in [3.8, 4) is 5.75 Å². The second-order valence-corrected chi connectivity index (χ2v) is 6.81. The van der Waals surface area contributed by atoms with Crippen molar-refractivity contribution in [1.29, 1.82) is 0 Å². The Morgan fingerprint density at radius 1 is 1.18 bits per heavy atom. The van der Waals surface area contributed by atoms with E-state index in [4.69, 9.17) is 9.26 Å². The molecule has 3 aromatic rings. The summed E-state index contributed by atoms with van der Waals surface area (Å²) in [4.78, 5) is 29.0. The normalized spacial score (nSPS) is 10.9. The van der Waals surface area contributed by atoms with Gasteiger partial charge in [-0.05, 0) is 43.5 Å². The molecule has 28 heavy (non-hydrogen) atoms. The van der Waals surface area contributed by atoms with E-state index in [1.807, 2.05) is 39.0 Å². The number of amides is 2. The molecule has 8 heteroatoms. The SMILES string of the molecule is Cc1cccc(OCC(=O)NNC(=O)c2cc(C(C)C)nc3onc(C)c23)c1. The number of aromatic nitrogens is 2. The molecule has 8 nitrogen and oxygen atoms in total. The van der Waals surface area contributed by atoms with Crippen LogP contribution in [0.3, 0.4) is 0 Å². The third-order valence-corrected chi connectivity index (χ3v) is 4.15. The predicted octanol–water partition coefficient (Wildman–Crippen LogP) is 2.80. The molecule has 0 aliphatic carbocycles. The van der Waals surface area contributed by atoms with Crippen LogP contribution in [-0.4, -0.2) is 28.6 Å². The van der Waals surface area contributed by atoms with Crippen LogP contribution in [0.1, 0.15) is 47.1 Å². The molecular formula is C20H22N4O4. The molecule has 2 heterocycles. The first-order valence-electron chi connectivity index (χ1n) is 8.90. The van der Waals surface area contributed by atoms with Crippen molar-refractivity contribution < 1.29 is 18.8 Å². The molecule has 0 atom stereocenters. The number of fused-ring (bicyclic) bond motifs is 1. The minimum absolute atomic E-state index is 0.0960. The van der Waals surface area contributed by atoms with Gasteiger partial charge in [0.2, 0.25) is 0 Å². The van der Waals surface area contributed by atoms with Gasteiger partial charge in [0.05, 0.1) is 16.6 Å². The van der Waals surface area contributed by atoms with E-state index in [-0.39, 0.29) is 12.5 Å². The van der Waals surface area contributed by atoms with Gasteiger partial charge in [-0.25, -0.2) is 4.98 Å². The summed E-state index contributed by atoms with van der Waals surface area (Å²) in [7, 11) is 0. The molecule has 2 N–H and O–H groups in total. The number of hydrogen-bond acceptors (Lipinski definition) is 6. The van der Waals surface area contributed by atoms with Crippen molar-refractivity contribution in [3.63, 3.8) is 0 Å². The van der Waals surface area contributed by atoms with Crippen molar-refractivity contribution >= 4 is 22.9 Å². The van der Waals surface area contributed by atoms with Crippen LogP contribution in [0.5, 0.6) is 5.75 Å². The quantitative estimate of drug-likeness (QED) is 0.657. The van der Waals surface area contributed by atoms with Gasteiger partial charge in [-0.15, -0.1) is 0 Å². The van der Waals surface area contributed by atoms with Crippen LogP contribution in [0.25, 0.3) is 11.1 Å². The Kier molecular flexibility index (Phi) is 5.58. The summed E-state index contributed by atoms with van der Waals surface area (Å²) in [5.74, 6) is -0.284. The first kappa shape index (κ1) is 19.3. The van der Waals surface area contributed by atoms with E-state index < -0.39 is 11.8 Å². The molecule has 2 amide bonds. The van der Waals surface area contributed by atoms with E-state index in [1.54, 1.807) is 19.1 Å². The van der Waals surface area contributed by atoms with Gasteiger partial charge in [0, 0.05) is 5.69 Å². The summed E-state index contributed by atoms with van der Waals surface area (Å²) in [6.45, 7) is 7.36.